The maximum Gasteiger partial charge on any atom is 0.259 e. The summed E-state index contributed by atoms with van der Waals surface area (Å²) in [5.41, 5.74) is 0.805. The molecule has 1 aliphatic rings. The van der Waals surface area contributed by atoms with Crippen LogP contribution in [0.2, 0.25) is 0 Å². The van der Waals surface area contributed by atoms with Gasteiger partial charge in [-0.15, -0.1) is 0 Å². The van der Waals surface area contributed by atoms with Crippen molar-refractivity contribution >= 4 is 11.7 Å². The Labute approximate surface area is 153 Å². The van der Waals surface area contributed by atoms with Gasteiger partial charge >= 0.3 is 0 Å². The van der Waals surface area contributed by atoms with Crippen molar-refractivity contribution in [1.29, 1.82) is 0 Å². The molecular weight excluding hydrogens is 334 g/mol. The summed E-state index contributed by atoms with van der Waals surface area (Å²) in [7, 11) is 1.63. The van der Waals surface area contributed by atoms with Gasteiger partial charge in [-0.2, -0.15) is 0 Å². The molecule has 2 aromatic rings. The summed E-state index contributed by atoms with van der Waals surface area (Å²) in [5.74, 6) is 0.802. The van der Waals surface area contributed by atoms with Gasteiger partial charge in [0.25, 0.3) is 5.91 Å². The van der Waals surface area contributed by atoms with Gasteiger partial charge in [0.2, 0.25) is 0 Å². The highest BCUT2D eigenvalue weighted by atomic mass is 16.5. The van der Waals surface area contributed by atoms with Gasteiger partial charge in [-0.1, -0.05) is 35.5 Å². The number of ether oxygens (including phenoxy) is 2. The number of benzene rings is 1. The van der Waals surface area contributed by atoms with E-state index in [0.29, 0.717) is 50.0 Å². The fraction of sp³-hybridized carbons (Fsp3) is 0.474. The number of anilines is 1. The molecular formula is C19H25N3O4. The van der Waals surface area contributed by atoms with Crippen LogP contribution in [0.4, 0.5) is 5.82 Å². The number of morpholine rings is 1. The second-order valence-electron chi connectivity index (χ2n) is 6.82. The molecule has 7 heteroatoms. The Balaban J connectivity index is 1.93. The molecule has 1 aromatic heterocycles. The van der Waals surface area contributed by atoms with Crippen molar-refractivity contribution < 1.29 is 18.8 Å². The fourth-order valence-electron chi connectivity index (χ4n) is 2.72. The van der Waals surface area contributed by atoms with Crippen molar-refractivity contribution in [2.45, 2.75) is 19.4 Å². The molecule has 1 fully saturated rings. The zero-order valence-corrected chi connectivity index (χ0v) is 15.4. The van der Waals surface area contributed by atoms with E-state index in [2.05, 4.69) is 10.5 Å². The standard InChI is InChI=1S/C19H25N3O4/c1-19(2,24-3)13-20-18(23)15-16(14-7-5-4-6-8-14)26-21-17(15)22-9-11-25-12-10-22/h4-8H,9-13H2,1-3H3,(H,20,23). The minimum Gasteiger partial charge on any atom is -0.378 e. The number of nitrogens with zero attached hydrogens (tertiary/aromatic N) is 2. The molecule has 7 nitrogen and oxygen atoms in total. The summed E-state index contributed by atoms with van der Waals surface area (Å²) in [6, 6.07) is 9.53. The van der Waals surface area contributed by atoms with Gasteiger partial charge < -0.3 is 24.2 Å². The van der Waals surface area contributed by atoms with E-state index in [4.69, 9.17) is 14.0 Å². The lowest BCUT2D eigenvalue weighted by Gasteiger charge is -2.27. The molecule has 0 atom stereocenters. The predicted molar refractivity (Wildman–Crippen MR) is 98.4 cm³/mol. The smallest absolute Gasteiger partial charge is 0.259 e. The van der Waals surface area contributed by atoms with Gasteiger partial charge in [0.05, 0.1) is 18.8 Å². The molecule has 26 heavy (non-hydrogen) atoms. The molecule has 1 aromatic carbocycles. The van der Waals surface area contributed by atoms with Crippen LogP contribution in [0.25, 0.3) is 11.3 Å². The molecule has 1 aliphatic heterocycles. The Hall–Kier alpha value is -2.38. The number of carbonyl (C=O) groups excluding carboxylic acids is 1. The van der Waals surface area contributed by atoms with Gasteiger partial charge in [0, 0.05) is 32.3 Å². The van der Waals surface area contributed by atoms with Crippen LogP contribution in [0.3, 0.4) is 0 Å². The molecule has 0 radical (unpaired) electrons. The highest BCUT2D eigenvalue weighted by Crippen LogP contribution is 2.31. The van der Waals surface area contributed by atoms with Crippen LogP contribution in [0.5, 0.6) is 0 Å². The summed E-state index contributed by atoms with van der Waals surface area (Å²) < 4.78 is 16.4. The minimum absolute atomic E-state index is 0.225. The van der Waals surface area contributed by atoms with Crippen molar-refractivity contribution in [2.24, 2.45) is 0 Å². The van der Waals surface area contributed by atoms with Gasteiger partial charge in [0.1, 0.15) is 5.56 Å². The van der Waals surface area contributed by atoms with Gasteiger partial charge in [-0.25, -0.2) is 0 Å². The third-order valence-electron chi connectivity index (χ3n) is 4.47. The number of aromatic nitrogens is 1. The molecule has 0 unspecified atom stereocenters. The largest absolute Gasteiger partial charge is 0.378 e. The van der Waals surface area contributed by atoms with Crippen molar-refractivity contribution in [3.8, 4) is 11.3 Å². The van der Waals surface area contributed by atoms with Crippen LogP contribution in [-0.4, -0.2) is 56.6 Å². The second kappa shape index (κ2) is 7.88. The predicted octanol–water partition coefficient (Wildman–Crippen LogP) is 2.33. The van der Waals surface area contributed by atoms with Gasteiger partial charge in [-0.05, 0) is 13.8 Å². The van der Waals surface area contributed by atoms with Crippen LogP contribution in [0, 0.1) is 0 Å². The molecule has 2 heterocycles. The second-order valence-corrected chi connectivity index (χ2v) is 6.82. The third kappa shape index (κ3) is 4.05. The van der Waals surface area contributed by atoms with Crippen molar-refractivity contribution in [3.63, 3.8) is 0 Å². The molecule has 140 valence electrons. The summed E-state index contributed by atoms with van der Waals surface area (Å²) in [6.07, 6.45) is 0. The van der Waals surface area contributed by atoms with Gasteiger partial charge in [-0.3, -0.25) is 4.79 Å². The van der Waals surface area contributed by atoms with E-state index >= 15 is 0 Å². The number of nitrogens with one attached hydrogen (secondary N) is 1. The number of methoxy groups -OCH3 is 1. The third-order valence-corrected chi connectivity index (χ3v) is 4.47. The Kier molecular flexibility index (Phi) is 5.58. The van der Waals surface area contributed by atoms with E-state index in [1.54, 1.807) is 7.11 Å². The van der Waals surface area contributed by atoms with Crippen molar-refractivity contribution in [2.75, 3.05) is 44.9 Å². The lowest BCUT2D eigenvalue weighted by molar-refractivity contribution is 0.0229. The van der Waals surface area contributed by atoms with Crippen LogP contribution < -0.4 is 10.2 Å². The summed E-state index contributed by atoms with van der Waals surface area (Å²) in [6.45, 7) is 6.76. The number of rotatable bonds is 6. The summed E-state index contributed by atoms with van der Waals surface area (Å²) >= 11 is 0. The van der Waals surface area contributed by atoms with E-state index < -0.39 is 5.60 Å². The molecule has 0 aliphatic carbocycles. The van der Waals surface area contributed by atoms with E-state index in [-0.39, 0.29) is 5.91 Å². The first-order chi connectivity index (χ1) is 12.5. The Bertz CT molecular complexity index is 736. The SMILES string of the molecule is COC(C)(C)CNC(=O)c1c(N2CCOCC2)noc1-c1ccccc1. The maximum absolute atomic E-state index is 13.0. The lowest BCUT2D eigenvalue weighted by Crippen LogP contribution is -2.41. The monoisotopic (exact) mass is 359 g/mol. The average Bonchev–Trinajstić information content (AvgIpc) is 3.13. The van der Waals surface area contributed by atoms with Crippen molar-refractivity contribution in [3.05, 3.63) is 35.9 Å². The summed E-state index contributed by atoms with van der Waals surface area (Å²) in [4.78, 5) is 15.0. The summed E-state index contributed by atoms with van der Waals surface area (Å²) in [5, 5.41) is 7.15. The topological polar surface area (TPSA) is 76.8 Å². The normalized spacial score (nSPS) is 15.1. The van der Waals surface area contributed by atoms with E-state index in [1.807, 2.05) is 49.1 Å². The highest BCUT2D eigenvalue weighted by Gasteiger charge is 2.29. The van der Waals surface area contributed by atoms with Crippen LogP contribution in [0.1, 0.15) is 24.2 Å². The Morgan fingerprint density at radius 1 is 1.27 bits per heavy atom. The zero-order chi connectivity index (χ0) is 18.6. The molecule has 0 bridgehead atoms. The number of amides is 1. The van der Waals surface area contributed by atoms with E-state index in [0.717, 1.165) is 5.56 Å². The molecule has 0 saturated carbocycles. The zero-order valence-electron chi connectivity index (χ0n) is 15.4. The molecule has 0 spiro atoms. The quantitative estimate of drug-likeness (QED) is 0.853. The van der Waals surface area contributed by atoms with Crippen LogP contribution >= 0.6 is 0 Å². The van der Waals surface area contributed by atoms with E-state index in [9.17, 15) is 4.79 Å². The number of hydrogen-bond acceptors (Lipinski definition) is 6. The average molecular weight is 359 g/mol. The molecule has 3 rings (SSSR count). The Morgan fingerprint density at radius 3 is 2.62 bits per heavy atom. The highest BCUT2D eigenvalue weighted by molar-refractivity contribution is 6.04. The van der Waals surface area contributed by atoms with Crippen molar-refractivity contribution in [1.82, 2.24) is 10.5 Å². The van der Waals surface area contributed by atoms with Crippen LogP contribution in [0.15, 0.2) is 34.9 Å². The number of hydrogen-bond donors (Lipinski definition) is 1. The van der Waals surface area contributed by atoms with Gasteiger partial charge in [0.15, 0.2) is 11.6 Å². The first-order valence-electron chi connectivity index (χ1n) is 8.73. The van der Waals surface area contributed by atoms with E-state index in [1.165, 1.54) is 0 Å². The number of carbonyl (C=O) groups is 1. The maximum atomic E-state index is 13.0. The molecule has 1 N–H and O–H groups in total. The Morgan fingerprint density at radius 2 is 1.96 bits per heavy atom. The first-order valence-corrected chi connectivity index (χ1v) is 8.73. The fourth-order valence-corrected chi connectivity index (χ4v) is 2.72. The molecule has 1 amide bonds. The minimum atomic E-state index is -0.459. The first kappa shape index (κ1) is 18.4. The van der Waals surface area contributed by atoms with Crippen LogP contribution in [-0.2, 0) is 9.47 Å². The molecule has 1 saturated heterocycles. The lowest BCUT2D eigenvalue weighted by atomic mass is 10.1.